The van der Waals surface area contributed by atoms with Crippen molar-refractivity contribution in [1.82, 2.24) is 5.32 Å². The summed E-state index contributed by atoms with van der Waals surface area (Å²) in [5.74, 6) is 0.265. The van der Waals surface area contributed by atoms with Gasteiger partial charge in [0.15, 0.2) is 0 Å². The lowest BCUT2D eigenvalue weighted by Crippen LogP contribution is -2.35. The van der Waals surface area contributed by atoms with E-state index in [1.54, 1.807) is 0 Å². The van der Waals surface area contributed by atoms with Crippen LogP contribution in [0.3, 0.4) is 0 Å². The molecule has 2 aliphatic rings. The second-order valence-electron chi connectivity index (χ2n) is 4.73. The third kappa shape index (κ3) is 3.20. The van der Waals surface area contributed by atoms with Gasteiger partial charge in [0, 0.05) is 6.04 Å². The maximum Gasteiger partial charge on any atom is 0.308 e. The monoisotopic (exact) mass is 211 g/mol. The number of carbonyl (C=O) groups excluding carboxylic acids is 1. The Morgan fingerprint density at radius 2 is 2.07 bits per heavy atom. The largest absolute Gasteiger partial charge is 0.465 e. The first-order chi connectivity index (χ1) is 7.36. The van der Waals surface area contributed by atoms with Crippen LogP contribution in [-0.2, 0) is 9.53 Å². The van der Waals surface area contributed by atoms with Gasteiger partial charge in [0.25, 0.3) is 0 Å². The zero-order chi connectivity index (χ0) is 10.5. The minimum absolute atomic E-state index is 0.0389. The standard InChI is InChI=1S/C12H21NO2/c14-12(10-4-3-5-10)15-9-7-11-6-1-2-8-13-11/h10-11,13H,1-9H2. The number of ether oxygens (including phenoxy) is 1. The number of hydrogen-bond donors (Lipinski definition) is 1. The average molecular weight is 211 g/mol. The Morgan fingerprint density at radius 1 is 1.20 bits per heavy atom. The summed E-state index contributed by atoms with van der Waals surface area (Å²) in [5, 5.41) is 3.46. The molecule has 0 aromatic rings. The summed E-state index contributed by atoms with van der Waals surface area (Å²) >= 11 is 0. The van der Waals surface area contributed by atoms with Crippen molar-refractivity contribution in [3.8, 4) is 0 Å². The summed E-state index contributed by atoms with van der Waals surface area (Å²) < 4.78 is 5.27. The molecular weight excluding hydrogens is 190 g/mol. The fourth-order valence-corrected chi connectivity index (χ4v) is 2.23. The smallest absolute Gasteiger partial charge is 0.308 e. The zero-order valence-electron chi connectivity index (χ0n) is 9.34. The second-order valence-corrected chi connectivity index (χ2v) is 4.73. The van der Waals surface area contributed by atoms with E-state index in [4.69, 9.17) is 4.74 Å². The summed E-state index contributed by atoms with van der Waals surface area (Å²) in [6.07, 6.45) is 8.11. The molecular formula is C12H21NO2. The van der Waals surface area contributed by atoms with Crippen molar-refractivity contribution in [1.29, 1.82) is 0 Å². The summed E-state index contributed by atoms with van der Waals surface area (Å²) in [7, 11) is 0. The van der Waals surface area contributed by atoms with Crippen LogP contribution in [0.5, 0.6) is 0 Å². The van der Waals surface area contributed by atoms with Crippen LogP contribution in [-0.4, -0.2) is 25.2 Å². The lowest BCUT2D eigenvalue weighted by molar-refractivity contribution is -0.151. The summed E-state index contributed by atoms with van der Waals surface area (Å²) in [6, 6.07) is 0.577. The maximum absolute atomic E-state index is 11.4. The topological polar surface area (TPSA) is 38.3 Å². The van der Waals surface area contributed by atoms with Gasteiger partial charge in [0.1, 0.15) is 0 Å². The van der Waals surface area contributed by atoms with Gasteiger partial charge in [-0.1, -0.05) is 12.8 Å². The van der Waals surface area contributed by atoms with Gasteiger partial charge in [0.05, 0.1) is 12.5 Å². The Balaban J connectivity index is 1.55. The Morgan fingerprint density at radius 3 is 2.67 bits per heavy atom. The van der Waals surface area contributed by atoms with E-state index in [0.717, 1.165) is 25.8 Å². The molecule has 2 rings (SSSR count). The molecule has 0 bridgehead atoms. The van der Waals surface area contributed by atoms with Crippen molar-refractivity contribution in [3.63, 3.8) is 0 Å². The summed E-state index contributed by atoms with van der Waals surface area (Å²) in [6.45, 7) is 1.73. The highest BCUT2D eigenvalue weighted by Gasteiger charge is 2.26. The molecule has 3 heteroatoms. The first-order valence-corrected chi connectivity index (χ1v) is 6.26. The molecule has 2 fully saturated rings. The molecule has 15 heavy (non-hydrogen) atoms. The number of esters is 1. The molecule has 1 unspecified atom stereocenters. The quantitative estimate of drug-likeness (QED) is 0.721. The van der Waals surface area contributed by atoms with Crippen LogP contribution in [0.25, 0.3) is 0 Å². The molecule has 0 spiro atoms. The highest BCUT2D eigenvalue weighted by atomic mass is 16.5. The van der Waals surface area contributed by atoms with Crippen LogP contribution in [0, 0.1) is 5.92 Å². The van der Waals surface area contributed by atoms with Gasteiger partial charge in [-0.05, 0) is 38.6 Å². The summed E-state index contributed by atoms with van der Waals surface area (Å²) in [5.41, 5.74) is 0. The van der Waals surface area contributed by atoms with Crippen molar-refractivity contribution in [2.24, 2.45) is 5.92 Å². The fourth-order valence-electron chi connectivity index (χ4n) is 2.23. The van der Waals surface area contributed by atoms with E-state index in [0.29, 0.717) is 12.6 Å². The molecule has 1 N–H and O–H groups in total. The van der Waals surface area contributed by atoms with Crippen molar-refractivity contribution in [2.45, 2.75) is 51.0 Å². The van der Waals surface area contributed by atoms with Crippen LogP contribution < -0.4 is 5.32 Å². The molecule has 1 heterocycles. The number of carbonyl (C=O) groups is 1. The van der Waals surface area contributed by atoms with Crippen LogP contribution in [0.1, 0.15) is 44.9 Å². The molecule has 1 aliphatic carbocycles. The molecule has 1 saturated heterocycles. The molecule has 1 aliphatic heterocycles. The Hall–Kier alpha value is -0.570. The van der Waals surface area contributed by atoms with E-state index >= 15 is 0 Å². The first-order valence-electron chi connectivity index (χ1n) is 6.26. The van der Waals surface area contributed by atoms with Gasteiger partial charge in [-0.15, -0.1) is 0 Å². The Labute approximate surface area is 91.6 Å². The third-order valence-corrected chi connectivity index (χ3v) is 3.56. The average Bonchev–Trinajstić information content (AvgIpc) is 2.16. The Bertz CT molecular complexity index is 208. The van der Waals surface area contributed by atoms with E-state index in [-0.39, 0.29) is 11.9 Å². The molecule has 1 atom stereocenters. The van der Waals surface area contributed by atoms with Crippen molar-refractivity contribution in [2.75, 3.05) is 13.2 Å². The predicted octanol–water partition coefficient (Wildman–Crippen LogP) is 1.86. The van der Waals surface area contributed by atoms with Crippen molar-refractivity contribution >= 4 is 5.97 Å². The lowest BCUT2D eigenvalue weighted by Gasteiger charge is -2.25. The van der Waals surface area contributed by atoms with Gasteiger partial charge >= 0.3 is 5.97 Å². The maximum atomic E-state index is 11.4. The van der Waals surface area contributed by atoms with E-state index in [2.05, 4.69) is 5.32 Å². The fraction of sp³-hybridized carbons (Fsp3) is 0.917. The molecule has 0 amide bonds. The van der Waals surface area contributed by atoms with E-state index in [1.165, 1.54) is 25.7 Å². The van der Waals surface area contributed by atoms with E-state index in [9.17, 15) is 4.79 Å². The minimum Gasteiger partial charge on any atom is -0.465 e. The molecule has 0 aromatic carbocycles. The molecule has 1 saturated carbocycles. The zero-order valence-corrected chi connectivity index (χ0v) is 9.34. The van der Waals surface area contributed by atoms with Crippen molar-refractivity contribution < 1.29 is 9.53 Å². The highest BCUT2D eigenvalue weighted by molar-refractivity contribution is 5.73. The number of nitrogens with one attached hydrogen (secondary N) is 1. The van der Waals surface area contributed by atoms with Crippen LogP contribution in [0.2, 0.25) is 0 Å². The molecule has 0 radical (unpaired) electrons. The number of hydrogen-bond acceptors (Lipinski definition) is 3. The van der Waals surface area contributed by atoms with E-state index in [1.807, 2.05) is 0 Å². The molecule has 0 aromatic heterocycles. The van der Waals surface area contributed by atoms with Crippen LogP contribution >= 0.6 is 0 Å². The minimum atomic E-state index is 0.0389. The predicted molar refractivity (Wildman–Crippen MR) is 58.6 cm³/mol. The highest BCUT2D eigenvalue weighted by Crippen LogP contribution is 2.27. The van der Waals surface area contributed by atoms with E-state index < -0.39 is 0 Å². The van der Waals surface area contributed by atoms with Crippen molar-refractivity contribution in [3.05, 3.63) is 0 Å². The molecule has 3 nitrogen and oxygen atoms in total. The van der Waals surface area contributed by atoms with Gasteiger partial charge in [-0.25, -0.2) is 0 Å². The SMILES string of the molecule is O=C(OCCC1CCCCN1)C1CCC1. The lowest BCUT2D eigenvalue weighted by atomic mass is 9.86. The second kappa shape index (κ2) is 5.50. The van der Waals surface area contributed by atoms with Gasteiger partial charge in [-0.3, -0.25) is 4.79 Å². The first kappa shape index (κ1) is 10.9. The molecule has 86 valence electrons. The third-order valence-electron chi connectivity index (χ3n) is 3.56. The normalized spacial score (nSPS) is 27.1. The Kier molecular flexibility index (Phi) is 4.01. The summed E-state index contributed by atoms with van der Waals surface area (Å²) in [4.78, 5) is 11.4. The van der Waals surface area contributed by atoms with Crippen LogP contribution in [0.15, 0.2) is 0 Å². The van der Waals surface area contributed by atoms with Crippen LogP contribution in [0.4, 0.5) is 0 Å². The van der Waals surface area contributed by atoms with Gasteiger partial charge in [0.2, 0.25) is 0 Å². The van der Waals surface area contributed by atoms with Gasteiger partial charge in [-0.2, -0.15) is 0 Å². The number of piperidine rings is 1. The number of rotatable bonds is 4. The van der Waals surface area contributed by atoms with Gasteiger partial charge < -0.3 is 10.1 Å².